The van der Waals surface area contributed by atoms with Crippen LogP contribution in [-0.4, -0.2) is 21.4 Å². The number of hydrogen-bond donors (Lipinski definition) is 1. The predicted octanol–water partition coefficient (Wildman–Crippen LogP) is 5.32. The summed E-state index contributed by atoms with van der Waals surface area (Å²) >= 11 is 11.0. The number of nitrogens with one attached hydrogen (secondary N) is 1. The first kappa shape index (κ1) is 17.5. The van der Waals surface area contributed by atoms with Gasteiger partial charge in [0.05, 0.1) is 10.6 Å². The van der Waals surface area contributed by atoms with Crippen LogP contribution in [0.3, 0.4) is 0 Å². The number of nitrogens with zero attached hydrogens (tertiary/aromatic N) is 3. The van der Waals surface area contributed by atoms with Gasteiger partial charge in [0.2, 0.25) is 17.3 Å². The molecule has 26 heavy (non-hydrogen) atoms. The van der Waals surface area contributed by atoms with Crippen LogP contribution in [0.15, 0.2) is 46.0 Å². The molecular formula is C17H11BrClFN4OS. The molecule has 0 fully saturated rings. The largest absolute Gasteiger partial charge is 0.448 e. The molecule has 4 rings (SSSR count). The minimum absolute atomic E-state index is 0.209. The Kier molecular flexibility index (Phi) is 4.73. The summed E-state index contributed by atoms with van der Waals surface area (Å²) in [4.78, 5) is 4.40. The summed E-state index contributed by atoms with van der Waals surface area (Å²) in [6.45, 7) is 0. The Labute approximate surface area is 166 Å². The molecule has 0 aliphatic carbocycles. The fourth-order valence-corrected chi connectivity index (χ4v) is 3.57. The number of rotatable bonds is 2. The SMILES string of the molecule is CSc1nnc2c(n1)O[C@@H](c1c(F)cccc1Cl)Nc1ccc(Br)cc1-2. The van der Waals surface area contributed by atoms with Crippen molar-refractivity contribution in [2.45, 2.75) is 11.4 Å². The van der Waals surface area contributed by atoms with E-state index >= 15 is 0 Å². The van der Waals surface area contributed by atoms with Crippen LogP contribution in [0.5, 0.6) is 5.88 Å². The van der Waals surface area contributed by atoms with Gasteiger partial charge in [0.1, 0.15) is 5.82 Å². The van der Waals surface area contributed by atoms with Crippen LogP contribution in [0.4, 0.5) is 10.1 Å². The summed E-state index contributed by atoms with van der Waals surface area (Å²) in [7, 11) is 0. The van der Waals surface area contributed by atoms with Crippen LogP contribution < -0.4 is 10.1 Å². The van der Waals surface area contributed by atoms with Crippen molar-refractivity contribution >= 4 is 45.0 Å². The molecule has 2 aromatic carbocycles. The van der Waals surface area contributed by atoms with Gasteiger partial charge in [0.25, 0.3) is 0 Å². The number of fused-ring (bicyclic) bond motifs is 3. The van der Waals surface area contributed by atoms with Gasteiger partial charge in [0, 0.05) is 15.7 Å². The number of anilines is 1. The first-order valence-electron chi connectivity index (χ1n) is 7.52. The lowest BCUT2D eigenvalue weighted by atomic mass is 10.1. The predicted molar refractivity (Wildman–Crippen MR) is 103 cm³/mol. The van der Waals surface area contributed by atoms with Crippen molar-refractivity contribution in [1.29, 1.82) is 0 Å². The quantitative estimate of drug-likeness (QED) is 0.530. The maximum Gasteiger partial charge on any atom is 0.247 e. The van der Waals surface area contributed by atoms with Gasteiger partial charge in [-0.25, -0.2) is 4.39 Å². The van der Waals surface area contributed by atoms with Gasteiger partial charge in [0.15, 0.2) is 5.69 Å². The summed E-state index contributed by atoms with van der Waals surface area (Å²) in [5.74, 6) is -0.206. The Morgan fingerprint density at radius 1 is 1.27 bits per heavy atom. The summed E-state index contributed by atoms with van der Waals surface area (Å²) in [6, 6.07) is 10.1. The highest BCUT2D eigenvalue weighted by Crippen LogP contribution is 2.42. The van der Waals surface area contributed by atoms with Gasteiger partial charge in [-0.05, 0) is 36.6 Å². The highest BCUT2D eigenvalue weighted by atomic mass is 79.9. The first-order chi connectivity index (χ1) is 12.6. The lowest BCUT2D eigenvalue weighted by molar-refractivity contribution is 0.220. The summed E-state index contributed by atoms with van der Waals surface area (Å²) < 4.78 is 21.3. The molecule has 3 aromatic rings. The number of hydrogen-bond acceptors (Lipinski definition) is 6. The Balaban J connectivity index is 1.92. The molecule has 0 saturated heterocycles. The summed E-state index contributed by atoms with van der Waals surface area (Å²) in [5.41, 5.74) is 2.14. The zero-order chi connectivity index (χ0) is 18.3. The van der Waals surface area contributed by atoms with Crippen LogP contribution in [0.2, 0.25) is 5.02 Å². The lowest BCUT2D eigenvalue weighted by Crippen LogP contribution is -2.19. The molecule has 0 unspecified atom stereocenters. The fraction of sp³-hybridized carbons (Fsp3) is 0.118. The van der Waals surface area contributed by atoms with Crippen LogP contribution >= 0.6 is 39.3 Å². The van der Waals surface area contributed by atoms with E-state index in [4.69, 9.17) is 16.3 Å². The van der Waals surface area contributed by atoms with E-state index < -0.39 is 12.0 Å². The molecule has 2 heterocycles. The van der Waals surface area contributed by atoms with Gasteiger partial charge in [-0.3, -0.25) is 0 Å². The Bertz CT molecular complexity index is 986. The highest BCUT2D eigenvalue weighted by molar-refractivity contribution is 9.10. The van der Waals surface area contributed by atoms with E-state index in [0.29, 0.717) is 16.5 Å². The molecule has 1 aromatic heterocycles. The second-order valence-electron chi connectivity index (χ2n) is 5.42. The second-order valence-corrected chi connectivity index (χ2v) is 7.52. The molecule has 9 heteroatoms. The third-order valence-electron chi connectivity index (χ3n) is 3.83. The molecule has 1 aliphatic heterocycles. The van der Waals surface area contributed by atoms with Crippen molar-refractivity contribution in [2.75, 3.05) is 11.6 Å². The molecule has 0 spiro atoms. The van der Waals surface area contributed by atoms with Gasteiger partial charge in [-0.1, -0.05) is 45.4 Å². The minimum Gasteiger partial charge on any atom is -0.448 e. The van der Waals surface area contributed by atoms with E-state index in [-0.39, 0.29) is 16.5 Å². The van der Waals surface area contributed by atoms with Crippen molar-refractivity contribution in [2.24, 2.45) is 0 Å². The van der Waals surface area contributed by atoms with E-state index in [1.165, 1.54) is 17.8 Å². The van der Waals surface area contributed by atoms with Crippen molar-refractivity contribution in [3.63, 3.8) is 0 Å². The Morgan fingerprint density at radius 3 is 2.88 bits per heavy atom. The summed E-state index contributed by atoms with van der Waals surface area (Å²) in [5, 5.41) is 12.3. The van der Waals surface area contributed by atoms with Gasteiger partial charge >= 0.3 is 0 Å². The molecule has 1 atom stereocenters. The first-order valence-corrected chi connectivity index (χ1v) is 9.92. The molecule has 1 N–H and O–H groups in total. The molecule has 0 saturated carbocycles. The molecule has 0 bridgehead atoms. The van der Waals surface area contributed by atoms with Crippen LogP contribution in [0, 0.1) is 5.82 Å². The van der Waals surface area contributed by atoms with Gasteiger partial charge < -0.3 is 10.1 Å². The molecular weight excluding hydrogens is 443 g/mol. The average molecular weight is 454 g/mol. The highest BCUT2D eigenvalue weighted by Gasteiger charge is 2.29. The third kappa shape index (κ3) is 3.13. The molecule has 1 aliphatic rings. The number of benzene rings is 2. The van der Waals surface area contributed by atoms with Crippen LogP contribution in [-0.2, 0) is 0 Å². The Hall–Kier alpha value is -1.90. The molecule has 0 radical (unpaired) electrons. The molecule has 0 amide bonds. The normalized spacial score (nSPS) is 15.3. The van der Waals surface area contributed by atoms with Crippen LogP contribution in [0.25, 0.3) is 11.3 Å². The number of thioether (sulfide) groups is 1. The van der Waals surface area contributed by atoms with E-state index in [9.17, 15) is 4.39 Å². The zero-order valence-electron chi connectivity index (χ0n) is 13.3. The Morgan fingerprint density at radius 2 is 2.12 bits per heavy atom. The molecule has 5 nitrogen and oxygen atoms in total. The molecule has 132 valence electrons. The van der Waals surface area contributed by atoms with E-state index in [0.717, 1.165) is 10.0 Å². The standard InChI is InChI=1S/C17H11BrClFN4OS/c1-26-17-22-16-14(23-24-17)9-7-8(18)5-6-12(9)21-15(25-16)13-10(19)3-2-4-11(13)20/h2-7,15,21H,1H3/t15-/m0/s1. The lowest BCUT2D eigenvalue weighted by Gasteiger charge is -2.20. The number of aromatic nitrogens is 3. The van der Waals surface area contributed by atoms with E-state index in [1.54, 1.807) is 12.1 Å². The monoisotopic (exact) mass is 452 g/mol. The average Bonchev–Trinajstić information content (AvgIpc) is 2.77. The summed E-state index contributed by atoms with van der Waals surface area (Å²) in [6.07, 6.45) is 0.977. The third-order valence-corrected chi connectivity index (χ3v) is 5.19. The van der Waals surface area contributed by atoms with E-state index in [2.05, 4.69) is 36.4 Å². The van der Waals surface area contributed by atoms with Crippen molar-refractivity contribution in [1.82, 2.24) is 15.2 Å². The minimum atomic E-state index is -0.865. The zero-order valence-corrected chi connectivity index (χ0v) is 16.5. The second kappa shape index (κ2) is 7.02. The van der Waals surface area contributed by atoms with Crippen molar-refractivity contribution in [3.8, 4) is 17.1 Å². The maximum absolute atomic E-state index is 14.5. The van der Waals surface area contributed by atoms with E-state index in [1.807, 2.05) is 24.5 Å². The smallest absolute Gasteiger partial charge is 0.247 e. The van der Waals surface area contributed by atoms with Crippen molar-refractivity contribution < 1.29 is 9.13 Å². The van der Waals surface area contributed by atoms with Gasteiger partial charge in [-0.15, -0.1) is 10.2 Å². The number of halogens is 3. The van der Waals surface area contributed by atoms with Crippen molar-refractivity contribution in [3.05, 3.63) is 57.3 Å². The maximum atomic E-state index is 14.5. The topological polar surface area (TPSA) is 59.9 Å². The number of ether oxygens (including phenoxy) is 1. The van der Waals surface area contributed by atoms with Crippen LogP contribution in [0.1, 0.15) is 11.8 Å². The van der Waals surface area contributed by atoms with Gasteiger partial charge in [-0.2, -0.15) is 4.98 Å². The fourth-order valence-electron chi connectivity index (χ4n) is 2.65.